The van der Waals surface area contributed by atoms with Crippen LogP contribution in [0.15, 0.2) is 12.1 Å². The number of pyridine rings is 1. The van der Waals surface area contributed by atoms with Gasteiger partial charge in [0.2, 0.25) is 0 Å². The van der Waals surface area contributed by atoms with E-state index in [0.717, 1.165) is 11.5 Å². The lowest BCUT2D eigenvalue weighted by Gasteiger charge is -2.29. The predicted octanol–water partition coefficient (Wildman–Crippen LogP) is 1.44. The minimum absolute atomic E-state index is 0.302. The molecule has 1 aliphatic rings. The molecule has 0 amide bonds. The van der Waals surface area contributed by atoms with E-state index in [1.54, 1.807) is 0 Å². The average molecular weight is 230 g/mol. The van der Waals surface area contributed by atoms with Crippen LogP contribution in [0.2, 0.25) is 0 Å². The Morgan fingerprint density at radius 3 is 2.82 bits per heavy atom. The Labute approximate surface area is 102 Å². The zero-order valence-corrected chi connectivity index (χ0v) is 10.3. The SMILES string of the molecule is Cc1ccc(C#N)c(N(C)C(CN)C2CC2)n1. The molecule has 1 saturated carbocycles. The molecular formula is C13H18N4. The number of aromatic nitrogens is 1. The van der Waals surface area contributed by atoms with Gasteiger partial charge in [-0.1, -0.05) is 0 Å². The Bertz CT molecular complexity index is 445. The van der Waals surface area contributed by atoms with Crippen LogP contribution in [-0.4, -0.2) is 24.6 Å². The number of rotatable bonds is 4. The fraction of sp³-hybridized carbons (Fsp3) is 0.538. The van der Waals surface area contributed by atoms with Gasteiger partial charge >= 0.3 is 0 Å². The highest BCUT2D eigenvalue weighted by molar-refractivity contribution is 5.54. The van der Waals surface area contributed by atoms with Crippen LogP contribution in [0.4, 0.5) is 5.82 Å². The third kappa shape index (κ3) is 2.40. The first-order valence-electron chi connectivity index (χ1n) is 5.98. The van der Waals surface area contributed by atoms with E-state index >= 15 is 0 Å². The van der Waals surface area contributed by atoms with Crippen molar-refractivity contribution in [3.63, 3.8) is 0 Å². The first kappa shape index (κ1) is 11.9. The number of anilines is 1. The summed E-state index contributed by atoms with van der Waals surface area (Å²) in [5.41, 5.74) is 7.38. The number of likely N-dealkylation sites (N-methyl/N-ethyl adjacent to an activating group) is 1. The maximum atomic E-state index is 9.12. The van der Waals surface area contributed by atoms with Gasteiger partial charge < -0.3 is 10.6 Å². The molecule has 0 spiro atoms. The number of nitriles is 1. The van der Waals surface area contributed by atoms with Gasteiger partial charge in [-0.3, -0.25) is 0 Å². The van der Waals surface area contributed by atoms with E-state index in [2.05, 4.69) is 16.0 Å². The highest BCUT2D eigenvalue weighted by atomic mass is 15.2. The summed E-state index contributed by atoms with van der Waals surface area (Å²) < 4.78 is 0. The Hall–Kier alpha value is -1.60. The zero-order valence-electron chi connectivity index (χ0n) is 10.3. The molecule has 0 bridgehead atoms. The summed E-state index contributed by atoms with van der Waals surface area (Å²) in [4.78, 5) is 6.54. The third-order valence-corrected chi connectivity index (χ3v) is 3.37. The van der Waals surface area contributed by atoms with Gasteiger partial charge in [-0.05, 0) is 37.8 Å². The smallest absolute Gasteiger partial charge is 0.146 e. The second-order valence-electron chi connectivity index (χ2n) is 4.69. The molecule has 1 aliphatic carbocycles. The van der Waals surface area contributed by atoms with Crippen LogP contribution in [0.1, 0.15) is 24.1 Å². The van der Waals surface area contributed by atoms with Crippen molar-refractivity contribution in [3.8, 4) is 6.07 Å². The Balaban J connectivity index is 2.31. The van der Waals surface area contributed by atoms with Crippen LogP contribution >= 0.6 is 0 Å². The Morgan fingerprint density at radius 2 is 2.29 bits per heavy atom. The molecule has 90 valence electrons. The fourth-order valence-corrected chi connectivity index (χ4v) is 2.20. The molecule has 1 heterocycles. The molecule has 17 heavy (non-hydrogen) atoms. The quantitative estimate of drug-likeness (QED) is 0.850. The molecule has 0 aromatic carbocycles. The topological polar surface area (TPSA) is 65.9 Å². The second-order valence-corrected chi connectivity index (χ2v) is 4.69. The first-order valence-corrected chi connectivity index (χ1v) is 5.98. The van der Waals surface area contributed by atoms with E-state index in [1.165, 1.54) is 12.8 Å². The van der Waals surface area contributed by atoms with Crippen LogP contribution in [0.5, 0.6) is 0 Å². The van der Waals surface area contributed by atoms with Crippen molar-refractivity contribution in [1.82, 2.24) is 4.98 Å². The van der Waals surface area contributed by atoms with Crippen molar-refractivity contribution >= 4 is 5.82 Å². The number of nitrogens with zero attached hydrogens (tertiary/aromatic N) is 3. The second kappa shape index (κ2) is 4.72. The number of hydrogen-bond donors (Lipinski definition) is 1. The Morgan fingerprint density at radius 1 is 1.59 bits per heavy atom. The molecule has 1 atom stereocenters. The third-order valence-electron chi connectivity index (χ3n) is 3.37. The molecule has 0 radical (unpaired) electrons. The van der Waals surface area contributed by atoms with Gasteiger partial charge in [-0.15, -0.1) is 0 Å². The molecule has 0 saturated heterocycles. The summed E-state index contributed by atoms with van der Waals surface area (Å²) in [6, 6.07) is 6.19. The van der Waals surface area contributed by atoms with Crippen molar-refractivity contribution in [1.29, 1.82) is 5.26 Å². The lowest BCUT2D eigenvalue weighted by Crippen LogP contribution is -2.40. The van der Waals surface area contributed by atoms with E-state index in [4.69, 9.17) is 11.0 Å². The van der Waals surface area contributed by atoms with Gasteiger partial charge in [0.1, 0.15) is 11.9 Å². The molecule has 2 rings (SSSR count). The molecule has 2 N–H and O–H groups in total. The molecule has 4 nitrogen and oxygen atoms in total. The molecule has 0 aliphatic heterocycles. The minimum atomic E-state index is 0.302. The van der Waals surface area contributed by atoms with Crippen LogP contribution in [-0.2, 0) is 0 Å². The summed E-state index contributed by atoms with van der Waals surface area (Å²) in [7, 11) is 1.98. The monoisotopic (exact) mass is 230 g/mol. The number of nitrogens with two attached hydrogens (primary N) is 1. The normalized spacial score (nSPS) is 16.4. The van der Waals surface area contributed by atoms with Crippen molar-refractivity contribution in [3.05, 3.63) is 23.4 Å². The van der Waals surface area contributed by atoms with E-state index in [-0.39, 0.29) is 0 Å². The predicted molar refractivity (Wildman–Crippen MR) is 67.7 cm³/mol. The first-order chi connectivity index (χ1) is 8.17. The standard InChI is InChI=1S/C13H18N4/c1-9-3-4-11(7-14)13(16-9)17(2)12(8-15)10-5-6-10/h3-4,10,12H,5-6,8,15H2,1-2H3. The van der Waals surface area contributed by atoms with E-state index in [0.29, 0.717) is 24.1 Å². The molecule has 1 fully saturated rings. The number of aryl methyl sites for hydroxylation is 1. The summed E-state index contributed by atoms with van der Waals surface area (Å²) in [6.07, 6.45) is 2.47. The van der Waals surface area contributed by atoms with Crippen molar-refractivity contribution in [2.24, 2.45) is 11.7 Å². The van der Waals surface area contributed by atoms with Crippen LogP contribution in [0, 0.1) is 24.2 Å². The van der Waals surface area contributed by atoms with Crippen LogP contribution in [0.25, 0.3) is 0 Å². The highest BCUT2D eigenvalue weighted by Crippen LogP contribution is 2.36. The highest BCUT2D eigenvalue weighted by Gasteiger charge is 2.34. The van der Waals surface area contributed by atoms with Gasteiger partial charge in [0.15, 0.2) is 0 Å². The summed E-state index contributed by atoms with van der Waals surface area (Å²) in [5.74, 6) is 1.42. The lowest BCUT2D eigenvalue weighted by molar-refractivity contribution is 0.565. The van der Waals surface area contributed by atoms with E-state index in [1.807, 2.05) is 26.1 Å². The van der Waals surface area contributed by atoms with E-state index < -0.39 is 0 Å². The van der Waals surface area contributed by atoms with E-state index in [9.17, 15) is 0 Å². The summed E-state index contributed by atoms with van der Waals surface area (Å²) >= 11 is 0. The van der Waals surface area contributed by atoms with Crippen molar-refractivity contribution < 1.29 is 0 Å². The number of hydrogen-bond acceptors (Lipinski definition) is 4. The molecule has 4 heteroatoms. The summed E-state index contributed by atoms with van der Waals surface area (Å²) in [6.45, 7) is 2.55. The molecule has 1 aromatic rings. The average Bonchev–Trinajstić information content (AvgIpc) is 3.14. The van der Waals surface area contributed by atoms with Crippen molar-refractivity contribution in [2.75, 3.05) is 18.5 Å². The van der Waals surface area contributed by atoms with Crippen molar-refractivity contribution in [2.45, 2.75) is 25.8 Å². The van der Waals surface area contributed by atoms with Crippen LogP contribution in [0.3, 0.4) is 0 Å². The van der Waals surface area contributed by atoms with Gasteiger partial charge in [0, 0.05) is 25.3 Å². The maximum Gasteiger partial charge on any atom is 0.146 e. The molecule has 1 aromatic heterocycles. The largest absolute Gasteiger partial charge is 0.354 e. The fourth-order valence-electron chi connectivity index (χ4n) is 2.20. The minimum Gasteiger partial charge on any atom is -0.354 e. The maximum absolute atomic E-state index is 9.12. The zero-order chi connectivity index (χ0) is 12.4. The van der Waals surface area contributed by atoms with Gasteiger partial charge in [0.25, 0.3) is 0 Å². The van der Waals surface area contributed by atoms with Gasteiger partial charge in [-0.2, -0.15) is 5.26 Å². The molecular weight excluding hydrogens is 212 g/mol. The summed E-state index contributed by atoms with van der Waals surface area (Å²) in [5, 5.41) is 9.12. The lowest BCUT2D eigenvalue weighted by atomic mass is 10.1. The van der Waals surface area contributed by atoms with Crippen LogP contribution < -0.4 is 10.6 Å². The van der Waals surface area contributed by atoms with Gasteiger partial charge in [0.05, 0.1) is 5.56 Å². The van der Waals surface area contributed by atoms with Gasteiger partial charge in [-0.25, -0.2) is 4.98 Å². The Kier molecular flexibility index (Phi) is 3.30. The molecule has 1 unspecified atom stereocenters.